The van der Waals surface area contributed by atoms with Gasteiger partial charge in [0.25, 0.3) is 5.56 Å². The second kappa shape index (κ2) is 5.05. The van der Waals surface area contributed by atoms with Gasteiger partial charge in [0.05, 0.1) is 6.10 Å². The summed E-state index contributed by atoms with van der Waals surface area (Å²) in [5.41, 5.74) is 4.97. The van der Waals surface area contributed by atoms with Crippen molar-refractivity contribution >= 4 is 28.8 Å². The van der Waals surface area contributed by atoms with E-state index in [4.69, 9.17) is 5.73 Å². The van der Waals surface area contributed by atoms with Crippen LogP contribution in [0.1, 0.15) is 6.92 Å². The Morgan fingerprint density at radius 1 is 1.22 bits per heavy atom. The largest absolute Gasteiger partial charge is 0.392 e. The predicted octanol–water partition coefficient (Wildman–Crippen LogP) is -1.95. The lowest BCUT2D eigenvalue weighted by Crippen LogP contribution is -2.37. The van der Waals surface area contributed by atoms with Gasteiger partial charge in [-0.2, -0.15) is 15.0 Å². The molecule has 0 fully saturated rings. The third kappa shape index (κ3) is 2.21. The van der Waals surface area contributed by atoms with Crippen molar-refractivity contribution in [2.24, 2.45) is 14.1 Å². The van der Waals surface area contributed by atoms with Gasteiger partial charge in [-0.05, 0) is 6.92 Å². The van der Waals surface area contributed by atoms with Crippen molar-refractivity contribution in [3.8, 4) is 0 Å². The van der Waals surface area contributed by atoms with Crippen LogP contribution in [0.5, 0.6) is 0 Å². The van der Waals surface area contributed by atoms with Crippen molar-refractivity contribution < 1.29 is 5.11 Å². The van der Waals surface area contributed by atoms with Gasteiger partial charge in [-0.15, -0.1) is 0 Å². The molecule has 11 heteroatoms. The smallest absolute Gasteiger partial charge is 0.332 e. The molecule has 4 N–H and O–H groups in total. The predicted molar refractivity (Wildman–Crippen MR) is 83.4 cm³/mol. The molecule has 0 aliphatic rings. The minimum Gasteiger partial charge on any atom is -0.392 e. The number of nitrogens with two attached hydrogens (primary N) is 1. The maximum Gasteiger partial charge on any atom is 0.332 e. The van der Waals surface area contributed by atoms with Gasteiger partial charge in [-0.25, -0.2) is 9.20 Å². The molecule has 1 unspecified atom stereocenters. The molecule has 0 aliphatic carbocycles. The number of fused-ring (bicyclic) bond motifs is 3. The molecule has 0 amide bonds. The summed E-state index contributed by atoms with van der Waals surface area (Å²) in [7, 11) is 2.89. The van der Waals surface area contributed by atoms with E-state index in [9.17, 15) is 14.7 Å². The van der Waals surface area contributed by atoms with Crippen LogP contribution in [0.4, 0.5) is 11.9 Å². The molecule has 11 nitrogen and oxygen atoms in total. The molecule has 0 radical (unpaired) electrons. The first-order chi connectivity index (χ1) is 10.8. The van der Waals surface area contributed by atoms with Crippen LogP contribution in [0, 0.1) is 0 Å². The zero-order valence-electron chi connectivity index (χ0n) is 12.8. The van der Waals surface area contributed by atoms with Crippen LogP contribution in [-0.4, -0.2) is 46.2 Å². The van der Waals surface area contributed by atoms with E-state index in [0.717, 1.165) is 4.57 Å². The van der Waals surface area contributed by atoms with Crippen LogP contribution in [0.2, 0.25) is 0 Å². The molecule has 1 atom stereocenters. The van der Waals surface area contributed by atoms with Crippen molar-refractivity contribution in [1.82, 2.24) is 28.5 Å². The highest BCUT2D eigenvalue weighted by Gasteiger charge is 2.19. The van der Waals surface area contributed by atoms with Gasteiger partial charge in [0.15, 0.2) is 11.2 Å². The van der Waals surface area contributed by atoms with Gasteiger partial charge >= 0.3 is 5.69 Å². The van der Waals surface area contributed by atoms with Gasteiger partial charge in [0.1, 0.15) is 0 Å². The number of nitrogens with zero attached hydrogens (tertiary/aromatic N) is 6. The third-order valence-electron chi connectivity index (χ3n) is 3.44. The molecule has 0 spiro atoms. The van der Waals surface area contributed by atoms with Gasteiger partial charge < -0.3 is 16.2 Å². The number of aryl methyl sites for hydroxylation is 1. The Labute approximate surface area is 129 Å². The molecule has 3 aromatic rings. The molecule has 23 heavy (non-hydrogen) atoms. The first kappa shape index (κ1) is 15.0. The van der Waals surface area contributed by atoms with E-state index in [1.807, 2.05) is 0 Å². The topological polar surface area (TPSA) is 145 Å². The van der Waals surface area contributed by atoms with E-state index < -0.39 is 17.4 Å². The molecule has 0 aromatic carbocycles. The van der Waals surface area contributed by atoms with Crippen molar-refractivity contribution in [2.75, 3.05) is 17.6 Å². The quantitative estimate of drug-likeness (QED) is 0.505. The van der Waals surface area contributed by atoms with E-state index in [1.165, 1.54) is 23.1 Å². The summed E-state index contributed by atoms with van der Waals surface area (Å²) in [6.07, 6.45) is -0.636. The molecule has 3 aromatic heterocycles. The number of nitrogen functional groups attached to an aromatic ring is 1. The second-order valence-electron chi connectivity index (χ2n) is 5.26. The normalized spacial score (nSPS) is 12.9. The molecule has 0 saturated carbocycles. The van der Waals surface area contributed by atoms with E-state index >= 15 is 0 Å². The number of aliphatic hydroxyl groups excluding tert-OH is 1. The van der Waals surface area contributed by atoms with Crippen LogP contribution >= 0.6 is 0 Å². The van der Waals surface area contributed by atoms with Crippen LogP contribution < -0.4 is 22.3 Å². The zero-order valence-corrected chi connectivity index (χ0v) is 12.8. The lowest BCUT2D eigenvalue weighted by Gasteiger charge is -2.10. The maximum absolute atomic E-state index is 12.5. The summed E-state index contributed by atoms with van der Waals surface area (Å²) in [4.78, 5) is 36.7. The first-order valence-electron chi connectivity index (χ1n) is 6.85. The Morgan fingerprint density at radius 3 is 2.57 bits per heavy atom. The van der Waals surface area contributed by atoms with E-state index in [0.29, 0.717) is 0 Å². The fraction of sp³-hybridized carbons (Fsp3) is 0.417. The van der Waals surface area contributed by atoms with Crippen molar-refractivity contribution in [3.63, 3.8) is 0 Å². The summed E-state index contributed by atoms with van der Waals surface area (Å²) in [5, 5.41) is 12.3. The number of hydrogen-bond donors (Lipinski definition) is 3. The molecule has 0 saturated heterocycles. The fourth-order valence-corrected chi connectivity index (χ4v) is 2.30. The van der Waals surface area contributed by atoms with Crippen LogP contribution in [0.3, 0.4) is 0 Å². The molecule has 0 bridgehead atoms. The van der Waals surface area contributed by atoms with Crippen LogP contribution in [-0.2, 0) is 14.1 Å². The number of aromatic nitrogens is 6. The zero-order chi connectivity index (χ0) is 16.9. The van der Waals surface area contributed by atoms with Crippen molar-refractivity contribution in [2.45, 2.75) is 13.0 Å². The molecular weight excluding hydrogens is 304 g/mol. The SMILES string of the molecule is CC(O)CNc1nc(N)nc2nc3c(c(=O)n(C)c(=O)n3C)n12. The highest BCUT2D eigenvalue weighted by atomic mass is 16.3. The Bertz CT molecular complexity index is 1030. The van der Waals surface area contributed by atoms with Crippen LogP contribution in [0.15, 0.2) is 9.59 Å². The lowest BCUT2D eigenvalue weighted by atomic mass is 10.4. The number of rotatable bonds is 3. The maximum atomic E-state index is 12.5. The number of aliphatic hydroxyl groups is 1. The molecule has 3 rings (SSSR count). The Balaban J connectivity index is 2.46. The number of nitrogens with one attached hydrogen (secondary N) is 1. The van der Waals surface area contributed by atoms with E-state index in [2.05, 4.69) is 20.3 Å². The van der Waals surface area contributed by atoms with Crippen LogP contribution in [0.25, 0.3) is 16.9 Å². The number of anilines is 2. The van der Waals surface area contributed by atoms with Gasteiger partial charge in [-0.1, -0.05) is 0 Å². The average molecular weight is 320 g/mol. The third-order valence-corrected chi connectivity index (χ3v) is 3.44. The first-order valence-corrected chi connectivity index (χ1v) is 6.85. The second-order valence-corrected chi connectivity index (χ2v) is 5.26. The molecular formula is C12H16N8O3. The number of imidazole rings is 1. The standard InChI is InChI=1S/C12H16N8O3/c1-5(21)4-14-10-16-9(13)17-11-15-7-6(20(10)11)8(22)19(3)12(23)18(7)2/h5,21H,4H2,1-3H3,(H3,13,14,15,16,17). The molecule has 0 aliphatic heterocycles. The highest BCUT2D eigenvalue weighted by Crippen LogP contribution is 2.16. The lowest BCUT2D eigenvalue weighted by molar-refractivity contribution is 0.208. The summed E-state index contributed by atoms with van der Waals surface area (Å²) in [6, 6.07) is 0. The minimum absolute atomic E-state index is 0.0391. The Morgan fingerprint density at radius 2 is 1.91 bits per heavy atom. The minimum atomic E-state index is -0.636. The average Bonchev–Trinajstić information content (AvgIpc) is 2.87. The molecule has 122 valence electrons. The fourth-order valence-electron chi connectivity index (χ4n) is 2.30. The molecule has 3 heterocycles. The summed E-state index contributed by atoms with van der Waals surface area (Å²) < 4.78 is 3.61. The number of hydrogen-bond acceptors (Lipinski definition) is 8. The van der Waals surface area contributed by atoms with E-state index in [1.54, 1.807) is 6.92 Å². The Kier molecular flexibility index (Phi) is 3.29. The van der Waals surface area contributed by atoms with Crippen molar-refractivity contribution in [1.29, 1.82) is 0 Å². The Hall–Kier alpha value is -2.95. The summed E-state index contributed by atoms with van der Waals surface area (Å²) in [5.74, 6) is 0.313. The summed E-state index contributed by atoms with van der Waals surface area (Å²) in [6.45, 7) is 1.79. The highest BCUT2D eigenvalue weighted by molar-refractivity contribution is 5.77. The summed E-state index contributed by atoms with van der Waals surface area (Å²) >= 11 is 0. The van der Waals surface area contributed by atoms with Crippen molar-refractivity contribution in [3.05, 3.63) is 20.8 Å². The van der Waals surface area contributed by atoms with Gasteiger partial charge in [0.2, 0.25) is 17.7 Å². The van der Waals surface area contributed by atoms with E-state index in [-0.39, 0.29) is 35.4 Å². The van der Waals surface area contributed by atoms with Gasteiger partial charge in [-0.3, -0.25) is 13.9 Å². The van der Waals surface area contributed by atoms with Gasteiger partial charge in [0, 0.05) is 20.6 Å². The monoisotopic (exact) mass is 320 g/mol.